The van der Waals surface area contributed by atoms with Crippen molar-refractivity contribution >= 4 is 22.2 Å². The zero-order valence-corrected chi connectivity index (χ0v) is 17.6. The van der Waals surface area contributed by atoms with E-state index in [0.29, 0.717) is 0 Å². The maximum atomic E-state index is 5.74. The van der Waals surface area contributed by atoms with Gasteiger partial charge in [0.2, 0.25) is 5.13 Å². The van der Waals surface area contributed by atoms with Gasteiger partial charge in [0, 0.05) is 17.4 Å². The quantitative estimate of drug-likeness (QED) is 0.397. The molecule has 0 bridgehead atoms. The highest BCUT2D eigenvalue weighted by Crippen LogP contribution is 2.39. The minimum Gasteiger partial charge on any atom is -0.497 e. The van der Waals surface area contributed by atoms with E-state index in [1.54, 1.807) is 24.7 Å². The first-order valence-electron chi connectivity index (χ1n) is 9.78. The summed E-state index contributed by atoms with van der Waals surface area (Å²) in [4.78, 5) is 4.88. The van der Waals surface area contributed by atoms with Gasteiger partial charge in [0.25, 0.3) is 0 Å². The van der Waals surface area contributed by atoms with Crippen LogP contribution in [0.5, 0.6) is 5.75 Å². The van der Waals surface area contributed by atoms with Crippen LogP contribution in [0.3, 0.4) is 0 Å². The third-order valence-electron chi connectivity index (χ3n) is 5.24. The van der Waals surface area contributed by atoms with Crippen molar-refractivity contribution in [3.05, 3.63) is 89.2 Å². The zero-order chi connectivity index (χ0) is 20.5. The Bertz CT molecular complexity index is 1160. The molecule has 3 heterocycles. The molecule has 1 aliphatic rings. The molecule has 0 aliphatic carbocycles. The minimum atomic E-state index is -0.0193. The van der Waals surface area contributed by atoms with Crippen LogP contribution >= 0.6 is 11.3 Å². The molecule has 0 N–H and O–H groups in total. The molecule has 1 unspecified atom stereocenters. The fourth-order valence-electron chi connectivity index (χ4n) is 3.57. The number of nitrogens with zero attached hydrogens (tertiary/aromatic N) is 3. The van der Waals surface area contributed by atoms with Crippen molar-refractivity contribution in [3.8, 4) is 17.0 Å². The fraction of sp³-hybridized carbons (Fsp3) is 0.167. The first-order chi connectivity index (χ1) is 14.7. The highest BCUT2D eigenvalue weighted by atomic mass is 32.1. The Morgan fingerprint density at radius 1 is 1.03 bits per heavy atom. The number of anilines is 1. The summed E-state index contributed by atoms with van der Waals surface area (Å²) in [6.45, 7) is 2.09. The summed E-state index contributed by atoms with van der Waals surface area (Å²) in [5.41, 5.74) is 5.38. The highest BCUT2D eigenvalue weighted by Gasteiger charge is 2.33. The zero-order valence-electron chi connectivity index (χ0n) is 16.8. The van der Waals surface area contributed by atoms with E-state index in [4.69, 9.17) is 19.2 Å². The maximum absolute atomic E-state index is 5.74. The number of methoxy groups -OCH3 is 1. The molecule has 0 saturated carbocycles. The standard InChI is InChI=1S/C24H21N3O2S/c1-16-5-7-18(8-6-16)21-15-30-24(25-21)27-22(23-4-3-13-29-23)14-20(26-27)17-9-11-19(28-2)12-10-17/h3-13,15,22H,14H2,1-2H3. The number of thiazole rings is 1. The number of ether oxygens (including phenoxy) is 1. The topological polar surface area (TPSA) is 50.9 Å². The minimum absolute atomic E-state index is 0.0193. The van der Waals surface area contributed by atoms with E-state index in [1.165, 1.54) is 5.56 Å². The van der Waals surface area contributed by atoms with Crippen molar-refractivity contribution < 1.29 is 9.15 Å². The largest absolute Gasteiger partial charge is 0.497 e. The van der Waals surface area contributed by atoms with Crippen molar-refractivity contribution in [3.63, 3.8) is 0 Å². The lowest BCUT2D eigenvalue weighted by Crippen LogP contribution is -2.17. The van der Waals surface area contributed by atoms with Crippen LogP contribution in [0.15, 0.2) is 81.8 Å². The van der Waals surface area contributed by atoms with Crippen LogP contribution in [-0.4, -0.2) is 17.8 Å². The van der Waals surface area contributed by atoms with E-state index in [1.807, 2.05) is 41.4 Å². The van der Waals surface area contributed by atoms with Crippen LogP contribution in [0, 0.1) is 6.92 Å². The van der Waals surface area contributed by atoms with Gasteiger partial charge in [-0.1, -0.05) is 29.8 Å². The summed E-state index contributed by atoms with van der Waals surface area (Å²) in [5.74, 6) is 1.72. The van der Waals surface area contributed by atoms with Gasteiger partial charge in [-0.05, 0) is 48.9 Å². The molecule has 30 heavy (non-hydrogen) atoms. The monoisotopic (exact) mass is 415 g/mol. The van der Waals surface area contributed by atoms with Gasteiger partial charge < -0.3 is 9.15 Å². The van der Waals surface area contributed by atoms with E-state index in [2.05, 4.69) is 36.6 Å². The molecule has 2 aromatic carbocycles. The predicted molar refractivity (Wildman–Crippen MR) is 120 cm³/mol. The van der Waals surface area contributed by atoms with Crippen LogP contribution in [0.4, 0.5) is 5.13 Å². The van der Waals surface area contributed by atoms with Gasteiger partial charge >= 0.3 is 0 Å². The molecular weight excluding hydrogens is 394 g/mol. The Morgan fingerprint density at radius 3 is 2.50 bits per heavy atom. The highest BCUT2D eigenvalue weighted by molar-refractivity contribution is 7.14. The third-order valence-corrected chi connectivity index (χ3v) is 6.07. The molecule has 1 aliphatic heterocycles. The van der Waals surface area contributed by atoms with Gasteiger partial charge in [0.05, 0.1) is 24.8 Å². The first-order valence-corrected chi connectivity index (χ1v) is 10.7. The second kappa shape index (κ2) is 7.80. The van der Waals surface area contributed by atoms with Crippen LogP contribution < -0.4 is 9.75 Å². The Labute approximate surface area is 179 Å². The predicted octanol–water partition coefficient (Wildman–Crippen LogP) is 6.08. The lowest BCUT2D eigenvalue weighted by Gasteiger charge is -2.18. The molecule has 5 rings (SSSR count). The number of rotatable bonds is 5. The van der Waals surface area contributed by atoms with E-state index in [9.17, 15) is 0 Å². The first kappa shape index (κ1) is 18.6. The number of hydrogen-bond donors (Lipinski definition) is 0. The molecule has 6 heteroatoms. The van der Waals surface area contributed by atoms with Gasteiger partial charge in [0.15, 0.2) is 0 Å². The van der Waals surface area contributed by atoms with Gasteiger partial charge in [-0.15, -0.1) is 11.3 Å². The van der Waals surface area contributed by atoms with Crippen molar-refractivity contribution in [1.82, 2.24) is 4.98 Å². The molecule has 0 fully saturated rings. The van der Waals surface area contributed by atoms with Crippen LogP contribution in [0.25, 0.3) is 11.3 Å². The van der Waals surface area contributed by atoms with E-state index in [0.717, 1.165) is 45.6 Å². The molecule has 0 spiro atoms. The normalized spacial score (nSPS) is 16.0. The Balaban J connectivity index is 1.50. The third kappa shape index (κ3) is 3.50. The average Bonchev–Trinajstić information content (AvgIpc) is 3.54. The number of furan rings is 1. The number of aromatic nitrogens is 1. The maximum Gasteiger partial charge on any atom is 0.207 e. The Hall–Kier alpha value is -3.38. The number of hydrogen-bond acceptors (Lipinski definition) is 6. The van der Waals surface area contributed by atoms with Crippen LogP contribution in [-0.2, 0) is 0 Å². The summed E-state index contributed by atoms with van der Waals surface area (Å²) in [5, 5.41) is 9.87. The summed E-state index contributed by atoms with van der Waals surface area (Å²) in [6, 6.07) is 20.3. The van der Waals surface area contributed by atoms with Gasteiger partial charge in [-0.25, -0.2) is 9.99 Å². The van der Waals surface area contributed by atoms with Gasteiger partial charge in [-0.2, -0.15) is 5.10 Å². The van der Waals surface area contributed by atoms with Crippen LogP contribution in [0.1, 0.15) is 29.3 Å². The number of hydrazone groups is 1. The Morgan fingerprint density at radius 2 is 1.80 bits per heavy atom. The molecule has 0 radical (unpaired) electrons. The van der Waals surface area contributed by atoms with Crippen molar-refractivity contribution in [2.75, 3.05) is 12.1 Å². The molecule has 150 valence electrons. The summed E-state index contributed by atoms with van der Waals surface area (Å²) in [7, 11) is 1.67. The van der Waals surface area contributed by atoms with Crippen molar-refractivity contribution in [2.24, 2.45) is 5.10 Å². The molecule has 0 saturated heterocycles. The smallest absolute Gasteiger partial charge is 0.207 e. The van der Waals surface area contributed by atoms with Gasteiger partial charge in [0.1, 0.15) is 17.6 Å². The summed E-state index contributed by atoms with van der Waals surface area (Å²) < 4.78 is 11.0. The lowest BCUT2D eigenvalue weighted by molar-refractivity contribution is 0.415. The fourth-order valence-corrected chi connectivity index (χ4v) is 4.41. The molecule has 2 aromatic heterocycles. The molecule has 1 atom stereocenters. The number of benzene rings is 2. The molecular formula is C24H21N3O2S. The van der Waals surface area contributed by atoms with Crippen molar-refractivity contribution in [1.29, 1.82) is 0 Å². The second-order valence-electron chi connectivity index (χ2n) is 7.24. The summed E-state index contributed by atoms with van der Waals surface area (Å²) in [6.07, 6.45) is 2.46. The van der Waals surface area contributed by atoms with E-state index in [-0.39, 0.29) is 6.04 Å². The summed E-state index contributed by atoms with van der Waals surface area (Å²) >= 11 is 1.60. The molecule has 5 nitrogen and oxygen atoms in total. The number of aryl methyl sites for hydroxylation is 1. The average molecular weight is 416 g/mol. The SMILES string of the molecule is COc1ccc(C2=NN(c3nc(-c4ccc(C)cc4)cs3)C(c3ccco3)C2)cc1. The molecule has 0 amide bonds. The lowest BCUT2D eigenvalue weighted by atomic mass is 10.0. The van der Waals surface area contributed by atoms with E-state index < -0.39 is 0 Å². The van der Waals surface area contributed by atoms with Crippen LogP contribution in [0.2, 0.25) is 0 Å². The van der Waals surface area contributed by atoms with Crippen molar-refractivity contribution in [2.45, 2.75) is 19.4 Å². The van der Waals surface area contributed by atoms with Gasteiger partial charge in [-0.3, -0.25) is 0 Å². The second-order valence-corrected chi connectivity index (χ2v) is 8.07. The Kier molecular flexibility index (Phi) is 4.85. The molecule has 4 aromatic rings. The van der Waals surface area contributed by atoms with E-state index >= 15 is 0 Å².